The van der Waals surface area contributed by atoms with E-state index in [2.05, 4.69) is 15.4 Å². The highest BCUT2D eigenvalue weighted by Crippen LogP contribution is 2.29. The summed E-state index contributed by atoms with van der Waals surface area (Å²) in [7, 11) is 0. The molecule has 4 rings (SSSR count). The van der Waals surface area contributed by atoms with Crippen molar-refractivity contribution in [3.63, 3.8) is 0 Å². The highest BCUT2D eigenvalue weighted by molar-refractivity contribution is 6.07. The van der Waals surface area contributed by atoms with Gasteiger partial charge in [0.15, 0.2) is 5.76 Å². The molecule has 1 saturated heterocycles. The molecule has 3 heterocycles. The minimum atomic E-state index is -0.806. The van der Waals surface area contributed by atoms with Gasteiger partial charge in [-0.25, -0.2) is 4.79 Å². The van der Waals surface area contributed by atoms with Gasteiger partial charge < -0.3 is 9.72 Å². The summed E-state index contributed by atoms with van der Waals surface area (Å²) in [6.07, 6.45) is 2.75. The fourth-order valence-corrected chi connectivity index (χ4v) is 3.82. The number of alkyl carbamates (subject to hydrolysis) is 1. The van der Waals surface area contributed by atoms with E-state index in [1.807, 2.05) is 56.8 Å². The van der Waals surface area contributed by atoms with E-state index in [0.717, 1.165) is 28.6 Å². The number of amides is 2. The fraction of sp³-hybridized carbons (Fsp3) is 0.304. The molecule has 0 saturated carbocycles. The summed E-state index contributed by atoms with van der Waals surface area (Å²) in [5, 5.41) is 7.73. The lowest BCUT2D eigenvalue weighted by molar-refractivity contribution is -0.116. The third-order valence-electron chi connectivity index (χ3n) is 5.50. The number of nitrogens with one attached hydrogen (secondary N) is 2. The number of benzene rings is 1. The minimum Gasteiger partial charge on any atom is -0.404 e. The van der Waals surface area contributed by atoms with Gasteiger partial charge in [0.25, 0.3) is 11.5 Å². The van der Waals surface area contributed by atoms with E-state index >= 15 is 0 Å². The number of aromatic amines is 1. The van der Waals surface area contributed by atoms with Crippen LogP contribution in [-0.2, 0) is 16.1 Å². The van der Waals surface area contributed by atoms with Crippen LogP contribution in [0.25, 0.3) is 22.2 Å². The van der Waals surface area contributed by atoms with Crippen LogP contribution in [0.3, 0.4) is 0 Å². The van der Waals surface area contributed by atoms with Crippen LogP contribution in [0.4, 0.5) is 4.79 Å². The van der Waals surface area contributed by atoms with Crippen molar-refractivity contribution in [2.24, 2.45) is 5.92 Å². The summed E-state index contributed by atoms with van der Waals surface area (Å²) in [5.41, 5.74) is 3.75. The van der Waals surface area contributed by atoms with Crippen LogP contribution in [0.2, 0.25) is 0 Å². The van der Waals surface area contributed by atoms with Crippen molar-refractivity contribution in [2.45, 2.75) is 40.2 Å². The number of nitrogens with zero attached hydrogens (tertiary/aromatic N) is 2. The second-order valence-electron chi connectivity index (χ2n) is 8.01. The zero-order valence-electron chi connectivity index (χ0n) is 17.9. The number of H-pyrrole nitrogens is 1. The van der Waals surface area contributed by atoms with Gasteiger partial charge in [0.1, 0.15) is 0 Å². The topological polar surface area (TPSA) is 106 Å². The first kappa shape index (κ1) is 20.6. The van der Waals surface area contributed by atoms with Crippen molar-refractivity contribution in [3.8, 4) is 11.3 Å². The molecule has 0 radical (unpaired) electrons. The Kier molecular flexibility index (Phi) is 5.22. The molecule has 1 aliphatic heterocycles. The van der Waals surface area contributed by atoms with Crippen molar-refractivity contribution in [3.05, 3.63) is 63.8 Å². The third kappa shape index (κ3) is 3.88. The molecule has 1 unspecified atom stereocenters. The number of aromatic nitrogens is 3. The Morgan fingerprint density at radius 3 is 2.58 bits per heavy atom. The van der Waals surface area contributed by atoms with Gasteiger partial charge in [-0.1, -0.05) is 19.9 Å². The Bertz CT molecular complexity index is 1280. The van der Waals surface area contributed by atoms with Gasteiger partial charge in [-0.2, -0.15) is 5.10 Å². The minimum absolute atomic E-state index is 0.00292. The number of hydrogen-bond donors (Lipinski definition) is 2. The smallest absolute Gasteiger partial charge is 0.404 e. The number of cyclic esters (lactones) is 1. The van der Waals surface area contributed by atoms with E-state index in [4.69, 9.17) is 4.74 Å². The predicted octanol–water partition coefficient (Wildman–Crippen LogP) is 3.61. The zero-order valence-corrected chi connectivity index (χ0v) is 17.9. The van der Waals surface area contributed by atoms with Crippen molar-refractivity contribution in [1.82, 2.24) is 20.1 Å². The van der Waals surface area contributed by atoms with Crippen LogP contribution < -0.4 is 10.9 Å². The molecular formula is C23H24N4O4. The number of carbonyl (C=O) groups is 2. The molecule has 8 nitrogen and oxygen atoms in total. The molecule has 1 aromatic carbocycles. The second kappa shape index (κ2) is 7.86. The average Bonchev–Trinajstić information content (AvgIpc) is 3.28. The number of imide groups is 1. The molecule has 3 aromatic rings. The van der Waals surface area contributed by atoms with Crippen molar-refractivity contribution in [2.75, 3.05) is 0 Å². The normalized spacial score (nSPS) is 16.2. The van der Waals surface area contributed by atoms with E-state index in [-0.39, 0.29) is 17.2 Å². The number of ether oxygens (including phenoxy) is 1. The van der Waals surface area contributed by atoms with Gasteiger partial charge in [0, 0.05) is 40.9 Å². The monoisotopic (exact) mass is 420 g/mol. The number of hydrogen-bond acceptors (Lipinski definition) is 5. The molecule has 2 amide bonds. The van der Waals surface area contributed by atoms with Crippen LogP contribution in [-0.4, -0.2) is 26.8 Å². The molecule has 2 N–H and O–H groups in total. The van der Waals surface area contributed by atoms with E-state index in [9.17, 15) is 14.4 Å². The number of pyridine rings is 1. The van der Waals surface area contributed by atoms with Gasteiger partial charge in [-0.3, -0.25) is 19.6 Å². The summed E-state index contributed by atoms with van der Waals surface area (Å²) in [4.78, 5) is 39.1. The summed E-state index contributed by atoms with van der Waals surface area (Å²) in [6, 6.07) is 7.60. The maximum Gasteiger partial charge on any atom is 0.419 e. The van der Waals surface area contributed by atoms with Crippen LogP contribution in [0.15, 0.2) is 47.1 Å². The standard InChI is InChI=1S/C23H24N4O4/c1-5-27-11-17-13(4)8-14(9-19(17)26-27)18-7-6-15(21(28)24-18)16(12(2)3)10-20-22(29)25-23(30)31-20/h6-12,16H,5H2,1-4H3,(H,24,28)(H,25,29,30)/b20-10-. The number of aryl methyl sites for hydroxylation is 2. The molecule has 1 aliphatic rings. The average molecular weight is 420 g/mol. The van der Waals surface area contributed by atoms with Crippen molar-refractivity contribution < 1.29 is 14.3 Å². The van der Waals surface area contributed by atoms with Gasteiger partial charge in [0.2, 0.25) is 0 Å². The zero-order chi connectivity index (χ0) is 22.3. The van der Waals surface area contributed by atoms with Gasteiger partial charge in [-0.05, 0) is 49.6 Å². The Morgan fingerprint density at radius 1 is 1.19 bits per heavy atom. The third-order valence-corrected chi connectivity index (χ3v) is 5.50. The highest BCUT2D eigenvalue weighted by Gasteiger charge is 2.29. The maximum atomic E-state index is 13.0. The quantitative estimate of drug-likeness (QED) is 0.614. The molecule has 160 valence electrons. The molecule has 0 aliphatic carbocycles. The summed E-state index contributed by atoms with van der Waals surface area (Å²) in [6.45, 7) is 8.72. The second-order valence-corrected chi connectivity index (χ2v) is 8.01. The van der Waals surface area contributed by atoms with Crippen LogP contribution in [0.1, 0.15) is 37.8 Å². The number of fused-ring (bicyclic) bond motifs is 1. The van der Waals surface area contributed by atoms with Gasteiger partial charge in [-0.15, -0.1) is 0 Å². The van der Waals surface area contributed by atoms with Gasteiger partial charge in [0.05, 0.1) is 5.52 Å². The first-order valence-electron chi connectivity index (χ1n) is 10.2. The Hall–Kier alpha value is -3.68. The first-order valence-corrected chi connectivity index (χ1v) is 10.2. The molecular weight excluding hydrogens is 396 g/mol. The van der Waals surface area contributed by atoms with E-state index in [1.165, 1.54) is 6.08 Å². The molecule has 0 bridgehead atoms. The molecule has 8 heteroatoms. The molecule has 1 fully saturated rings. The fourth-order valence-electron chi connectivity index (χ4n) is 3.82. The molecule has 0 spiro atoms. The Morgan fingerprint density at radius 2 is 1.97 bits per heavy atom. The van der Waals surface area contributed by atoms with E-state index in [0.29, 0.717) is 11.3 Å². The lowest BCUT2D eigenvalue weighted by atomic mass is 9.88. The SMILES string of the molecule is CCn1cc2c(C)cc(-c3ccc(C(/C=C4\OC(=O)NC4=O)C(C)C)c(=O)[nH]3)cc2n1. The number of allylic oxidation sites excluding steroid dienone is 1. The first-order chi connectivity index (χ1) is 14.8. The molecule has 2 aromatic heterocycles. The summed E-state index contributed by atoms with van der Waals surface area (Å²) < 4.78 is 6.80. The maximum absolute atomic E-state index is 13.0. The molecule has 31 heavy (non-hydrogen) atoms. The lowest BCUT2D eigenvalue weighted by Crippen LogP contribution is -2.21. The van der Waals surface area contributed by atoms with E-state index < -0.39 is 17.9 Å². The highest BCUT2D eigenvalue weighted by atomic mass is 16.6. The van der Waals surface area contributed by atoms with Crippen LogP contribution in [0, 0.1) is 12.8 Å². The van der Waals surface area contributed by atoms with Crippen molar-refractivity contribution >= 4 is 22.9 Å². The summed E-state index contributed by atoms with van der Waals surface area (Å²) in [5.74, 6) is -1.07. The largest absolute Gasteiger partial charge is 0.419 e. The Balaban J connectivity index is 1.73. The number of rotatable bonds is 5. The Labute approximate surface area is 178 Å². The molecule has 1 atom stereocenters. The predicted molar refractivity (Wildman–Crippen MR) is 116 cm³/mol. The van der Waals surface area contributed by atoms with Crippen molar-refractivity contribution in [1.29, 1.82) is 0 Å². The van der Waals surface area contributed by atoms with Crippen LogP contribution in [0.5, 0.6) is 0 Å². The van der Waals surface area contributed by atoms with Crippen LogP contribution >= 0.6 is 0 Å². The summed E-state index contributed by atoms with van der Waals surface area (Å²) >= 11 is 0. The number of carbonyl (C=O) groups excluding carboxylic acids is 2. The lowest BCUT2D eigenvalue weighted by Gasteiger charge is -2.17. The van der Waals surface area contributed by atoms with Gasteiger partial charge >= 0.3 is 6.09 Å². The van der Waals surface area contributed by atoms with E-state index in [1.54, 1.807) is 6.07 Å².